The van der Waals surface area contributed by atoms with E-state index in [0.29, 0.717) is 22.6 Å². The number of fused-ring (bicyclic) bond motifs is 1. The maximum atomic E-state index is 12.6. The molecule has 0 radical (unpaired) electrons. The van der Waals surface area contributed by atoms with Gasteiger partial charge in [-0.25, -0.2) is 9.59 Å². The van der Waals surface area contributed by atoms with Crippen molar-refractivity contribution in [2.45, 2.75) is 13.8 Å². The Morgan fingerprint density at radius 3 is 2.24 bits per heavy atom. The van der Waals surface area contributed by atoms with Gasteiger partial charge in [-0.1, -0.05) is 24.3 Å². The van der Waals surface area contributed by atoms with Gasteiger partial charge in [-0.3, -0.25) is 4.79 Å². The zero-order chi connectivity index (χ0) is 21.1. The van der Waals surface area contributed by atoms with Crippen molar-refractivity contribution < 1.29 is 28.6 Å². The molecule has 0 saturated carbocycles. The topological polar surface area (TPSA) is 94.7 Å². The molecule has 1 N–H and O–H groups in total. The average molecular weight is 395 g/mol. The number of carbonyl (C=O) groups is 3. The molecule has 1 aromatic heterocycles. The highest BCUT2D eigenvalue weighted by Crippen LogP contribution is 2.27. The maximum Gasteiger partial charge on any atom is 0.342 e. The third kappa shape index (κ3) is 3.85. The Hall–Kier alpha value is -3.61. The standard InChI is InChI=1S/C22H21NO6/c1-12-19(22(26)28-4)13(2)23-20(12)17(24)11-29-21(25)16-9-14-7-5-6-8-15(14)10-18(16)27-3/h5-10,23H,11H2,1-4H3. The number of nitrogens with one attached hydrogen (secondary N) is 1. The average Bonchev–Trinajstić information content (AvgIpc) is 3.04. The molecule has 0 unspecified atom stereocenters. The van der Waals surface area contributed by atoms with Crippen molar-refractivity contribution in [2.24, 2.45) is 0 Å². The zero-order valence-corrected chi connectivity index (χ0v) is 16.6. The summed E-state index contributed by atoms with van der Waals surface area (Å²) in [7, 11) is 2.74. The number of aryl methyl sites for hydroxylation is 1. The maximum absolute atomic E-state index is 12.6. The molecular formula is C22H21NO6. The summed E-state index contributed by atoms with van der Waals surface area (Å²) in [6.07, 6.45) is 0. The van der Waals surface area contributed by atoms with E-state index in [2.05, 4.69) is 4.98 Å². The van der Waals surface area contributed by atoms with E-state index in [-0.39, 0.29) is 11.3 Å². The van der Waals surface area contributed by atoms with Crippen LogP contribution in [0.15, 0.2) is 36.4 Å². The molecule has 0 saturated heterocycles. The Kier molecular flexibility index (Phi) is 5.68. The first-order valence-corrected chi connectivity index (χ1v) is 8.92. The van der Waals surface area contributed by atoms with Crippen molar-refractivity contribution in [3.63, 3.8) is 0 Å². The minimum atomic E-state index is -0.671. The van der Waals surface area contributed by atoms with Crippen LogP contribution in [-0.4, -0.2) is 43.5 Å². The number of hydrogen-bond donors (Lipinski definition) is 1. The summed E-state index contributed by atoms with van der Waals surface area (Å²) in [5.41, 5.74) is 1.71. The van der Waals surface area contributed by atoms with Gasteiger partial charge in [0.05, 0.1) is 25.5 Å². The number of aromatic amines is 1. The molecule has 7 heteroatoms. The fourth-order valence-electron chi connectivity index (χ4n) is 3.27. The van der Waals surface area contributed by atoms with Crippen LogP contribution in [0.3, 0.4) is 0 Å². The van der Waals surface area contributed by atoms with E-state index in [1.165, 1.54) is 14.2 Å². The molecule has 3 aromatic rings. The van der Waals surface area contributed by atoms with Crippen LogP contribution in [0.25, 0.3) is 10.8 Å². The fourth-order valence-corrected chi connectivity index (χ4v) is 3.27. The van der Waals surface area contributed by atoms with Gasteiger partial charge >= 0.3 is 11.9 Å². The number of hydrogen-bond acceptors (Lipinski definition) is 6. The molecule has 0 amide bonds. The smallest absolute Gasteiger partial charge is 0.342 e. The van der Waals surface area contributed by atoms with Gasteiger partial charge in [0.15, 0.2) is 6.61 Å². The molecule has 150 valence electrons. The molecule has 0 bridgehead atoms. The van der Waals surface area contributed by atoms with E-state index in [0.717, 1.165) is 10.8 Å². The molecule has 1 heterocycles. The van der Waals surface area contributed by atoms with Gasteiger partial charge in [0.2, 0.25) is 5.78 Å². The van der Waals surface area contributed by atoms with Gasteiger partial charge in [-0.05, 0) is 42.3 Å². The van der Waals surface area contributed by atoms with Crippen molar-refractivity contribution in [3.8, 4) is 5.75 Å². The molecule has 0 fully saturated rings. The van der Waals surface area contributed by atoms with Crippen molar-refractivity contribution in [2.75, 3.05) is 20.8 Å². The van der Waals surface area contributed by atoms with E-state index in [1.807, 2.05) is 24.3 Å². The predicted molar refractivity (Wildman–Crippen MR) is 107 cm³/mol. The summed E-state index contributed by atoms with van der Waals surface area (Å²) >= 11 is 0. The number of esters is 2. The van der Waals surface area contributed by atoms with Crippen molar-refractivity contribution in [1.29, 1.82) is 0 Å². The van der Waals surface area contributed by atoms with Gasteiger partial charge in [-0.2, -0.15) is 0 Å². The Labute approximate surface area is 167 Å². The van der Waals surface area contributed by atoms with Crippen LogP contribution in [0.5, 0.6) is 5.75 Å². The zero-order valence-electron chi connectivity index (χ0n) is 16.6. The second-order valence-electron chi connectivity index (χ2n) is 6.52. The quantitative estimate of drug-likeness (QED) is 0.506. The van der Waals surface area contributed by atoms with Crippen molar-refractivity contribution in [3.05, 3.63) is 64.5 Å². The molecular weight excluding hydrogens is 374 g/mol. The number of aromatic nitrogens is 1. The third-order valence-corrected chi connectivity index (χ3v) is 4.73. The van der Waals surface area contributed by atoms with E-state index in [4.69, 9.17) is 14.2 Å². The highest BCUT2D eigenvalue weighted by atomic mass is 16.5. The number of ketones is 1. The Balaban J connectivity index is 1.80. The lowest BCUT2D eigenvalue weighted by Crippen LogP contribution is -2.16. The summed E-state index contributed by atoms with van der Waals surface area (Å²) in [4.78, 5) is 39.9. The molecule has 0 spiro atoms. The summed E-state index contributed by atoms with van der Waals surface area (Å²) in [6, 6.07) is 10.9. The second-order valence-corrected chi connectivity index (χ2v) is 6.52. The first kappa shape index (κ1) is 20.1. The van der Waals surface area contributed by atoms with Crippen LogP contribution in [0.4, 0.5) is 0 Å². The van der Waals surface area contributed by atoms with Gasteiger partial charge in [0.25, 0.3) is 0 Å². The first-order chi connectivity index (χ1) is 13.9. The second kappa shape index (κ2) is 8.18. The molecule has 7 nitrogen and oxygen atoms in total. The van der Waals surface area contributed by atoms with E-state index >= 15 is 0 Å². The van der Waals surface area contributed by atoms with Crippen molar-refractivity contribution in [1.82, 2.24) is 4.98 Å². The normalized spacial score (nSPS) is 10.6. The lowest BCUT2D eigenvalue weighted by atomic mass is 10.1. The number of benzene rings is 2. The van der Waals surface area contributed by atoms with Crippen LogP contribution in [0.1, 0.15) is 42.5 Å². The van der Waals surface area contributed by atoms with Crippen LogP contribution < -0.4 is 4.74 Å². The number of rotatable bonds is 6. The van der Waals surface area contributed by atoms with Gasteiger partial charge < -0.3 is 19.2 Å². The van der Waals surface area contributed by atoms with Gasteiger partial charge in [0, 0.05) is 5.69 Å². The molecule has 0 aliphatic rings. The summed E-state index contributed by atoms with van der Waals surface area (Å²) in [5, 5.41) is 1.77. The number of H-pyrrole nitrogens is 1. The monoisotopic (exact) mass is 395 g/mol. The van der Waals surface area contributed by atoms with Crippen LogP contribution in [0, 0.1) is 13.8 Å². The Morgan fingerprint density at radius 1 is 0.966 bits per heavy atom. The Morgan fingerprint density at radius 2 is 1.62 bits per heavy atom. The van der Waals surface area contributed by atoms with Gasteiger partial charge in [-0.15, -0.1) is 0 Å². The third-order valence-electron chi connectivity index (χ3n) is 4.73. The lowest BCUT2D eigenvalue weighted by molar-refractivity contribution is 0.0470. The highest BCUT2D eigenvalue weighted by Gasteiger charge is 2.24. The summed E-state index contributed by atoms with van der Waals surface area (Å²) < 4.78 is 15.3. The SMILES string of the molecule is COC(=O)c1c(C)[nH]c(C(=O)COC(=O)c2cc3ccccc3cc2OC)c1C. The largest absolute Gasteiger partial charge is 0.496 e. The summed E-state index contributed by atoms with van der Waals surface area (Å²) in [5.74, 6) is -1.29. The molecule has 29 heavy (non-hydrogen) atoms. The van der Waals surface area contributed by atoms with Gasteiger partial charge in [0.1, 0.15) is 11.3 Å². The number of Topliss-reactive ketones (excluding diaryl/α,β-unsaturated/α-hetero) is 1. The van der Waals surface area contributed by atoms with Crippen molar-refractivity contribution >= 4 is 28.5 Å². The highest BCUT2D eigenvalue weighted by molar-refractivity contribution is 6.04. The minimum absolute atomic E-state index is 0.209. The first-order valence-electron chi connectivity index (χ1n) is 8.92. The minimum Gasteiger partial charge on any atom is -0.496 e. The molecule has 0 atom stereocenters. The fraction of sp³-hybridized carbons (Fsp3) is 0.227. The Bertz CT molecular complexity index is 1110. The van der Waals surface area contributed by atoms with Crippen LogP contribution in [0.2, 0.25) is 0 Å². The van der Waals surface area contributed by atoms with E-state index in [1.54, 1.807) is 26.0 Å². The van der Waals surface area contributed by atoms with E-state index < -0.39 is 24.3 Å². The molecule has 3 rings (SSSR count). The number of methoxy groups -OCH3 is 2. The molecule has 0 aliphatic carbocycles. The molecule has 0 aliphatic heterocycles. The number of carbonyl (C=O) groups excluding carboxylic acids is 3. The molecule has 2 aromatic carbocycles. The van der Waals surface area contributed by atoms with Crippen LogP contribution in [-0.2, 0) is 9.47 Å². The summed E-state index contributed by atoms with van der Waals surface area (Å²) in [6.45, 7) is 2.83. The lowest BCUT2D eigenvalue weighted by Gasteiger charge is -2.10. The predicted octanol–water partition coefficient (Wildman–Crippen LogP) is 3.62. The van der Waals surface area contributed by atoms with E-state index in [9.17, 15) is 14.4 Å². The number of ether oxygens (including phenoxy) is 3. The van der Waals surface area contributed by atoms with Crippen LogP contribution >= 0.6 is 0 Å².